The van der Waals surface area contributed by atoms with Crippen molar-refractivity contribution in [1.29, 1.82) is 0 Å². The van der Waals surface area contributed by atoms with Crippen LogP contribution in [0.4, 0.5) is 10.3 Å². The standard InChI is InChI=1S/C11H9FN2O4/c1-17-10-6(11(15)16)2-5(3-7(10)12)8-4-9(13)18-14-8/h2-4H,13H2,1H3,(H,15,16). The Labute approximate surface area is 101 Å². The molecule has 1 aromatic carbocycles. The number of halogens is 1. The molecule has 1 heterocycles. The highest BCUT2D eigenvalue weighted by Crippen LogP contribution is 2.30. The quantitative estimate of drug-likeness (QED) is 0.863. The van der Waals surface area contributed by atoms with E-state index in [4.69, 9.17) is 15.6 Å². The smallest absolute Gasteiger partial charge is 0.339 e. The van der Waals surface area contributed by atoms with Gasteiger partial charge in [0.25, 0.3) is 0 Å². The molecule has 0 fully saturated rings. The van der Waals surface area contributed by atoms with Crippen molar-refractivity contribution in [3.8, 4) is 17.0 Å². The van der Waals surface area contributed by atoms with Crippen LogP contribution in [0.1, 0.15) is 10.4 Å². The molecule has 7 heteroatoms. The molecule has 0 radical (unpaired) electrons. The van der Waals surface area contributed by atoms with Gasteiger partial charge in [0, 0.05) is 11.6 Å². The number of ether oxygens (including phenoxy) is 1. The molecular weight excluding hydrogens is 243 g/mol. The molecule has 0 spiro atoms. The lowest BCUT2D eigenvalue weighted by atomic mass is 10.1. The van der Waals surface area contributed by atoms with Gasteiger partial charge in [-0.25, -0.2) is 9.18 Å². The summed E-state index contributed by atoms with van der Waals surface area (Å²) in [5.74, 6) is -2.38. The van der Waals surface area contributed by atoms with Gasteiger partial charge in [-0.2, -0.15) is 0 Å². The van der Waals surface area contributed by atoms with E-state index in [0.29, 0.717) is 0 Å². The topological polar surface area (TPSA) is 98.6 Å². The normalized spacial score (nSPS) is 10.3. The van der Waals surface area contributed by atoms with Gasteiger partial charge >= 0.3 is 5.97 Å². The van der Waals surface area contributed by atoms with Crippen molar-refractivity contribution in [2.45, 2.75) is 0 Å². The van der Waals surface area contributed by atoms with Crippen LogP contribution in [0.2, 0.25) is 0 Å². The van der Waals surface area contributed by atoms with Crippen molar-refractivity contribution < 1.29 is 23.6 Å². The van der Waals surface area contributed by atoms with E-state index >= 15 is 0 Å². The Hall–Kier alpha value is -2.57. The molecule has 0 saturated carbocycles. The number of hydrogen-bond donors (Lipinski definition) is 2. The van der Waals surface area contributed by atoms with Crippen LogP contribution < -0.4 is 10.5 Å². The van der Waals surface area contributed by atoms with Gasteiger partial charge in [-0.05, 0) is 12.1 Å². The lowest BCUT2D eigenvalue weighted by Crippen LogP contribution is -2.03. The first-order chi connectivity index (χ1) is 8.52. The van der Waals surface area contributed by atoms with Gasteiger partial charge in [0.2, 0.25) is 5.88 Å². The Kier molecular flexibility index (Phi) is 2.88. The van der Waals surface area contributed by atoms with Crippen LogP contribution in [0.25, 0.3) is 11.3 Å². The molecular formula is C11H9FN2O4. The summed E-state index contributed by atoms with van der Waals surface area (Å²) in [6.45, 7) is 0. The molecule has 6 nitrogen and oxygen atoms in total. The number of hydrogen-bond acceptors (Lipinski definition) is 5. The molecule has 94 valence electrons. The SMILES string of the molecule is COc1c(F)cc(-c2cc(N)on2)cc1C(=O)O. The predicted octanol–water partition coefficient (Wildman–Crippen LogP) is 1.77. The number of anilines is 1. The lowest BCUT2D eigenvalue weighted by Gasteiger charge is -2.07. The summed E-state index contributed by atoms with van der Waals surface area (Å²) in [5, 5.41) is 12.6. The number of carbonyl (C=O) groups is 1. The third-order valence-electron chi connectivity index (χ3n) is 2.30. The van der Waals surface area contributed by atoms with Crippen molar-refractivity contribution in [3.05, 3.63) is 29.6 Å². The highest BCUT2D eigenvalue weighted by atomic mass is 19.1. The number of nitrogens with two attached hydrogens (primary N) is 1. The number of carboxylic acids is 1. The Balaban J connectivity index is 2.61. The van der Waals surface area contributed by atoms with Gasteiger partial charge in [0.1, 0.15) is 11.3 Å². The van der Waals surface area contributed by atoms with Crippen LogP contribution in [0.15, 0.2) is 22.7 Å². The lowest BCUT2D eigenvalue weighted by molar-refractivity contribution is 0.0692. The van der Waals surface area contributed by atoms with E-state index < -0.39 is 11.8 Å². The number of rotatable bonds is 3. The maximum Gasteiger partial charge on any atom is 0.339 e. The summed E-state index contributed by atoms with van der Waals surface area (Å²) in [5.41, 5.74) is 5.54. The molecule has 0 aliphatic heterocycles. The molecule has 2 rings (SSSR count). The number of aromatic nitrogens is 1. The fourth-order valence-electron chi connectivity index (χ4n) is 1.53. The molecule has 1 aromatic heterocycles. The average molecular weight is 252 g/mol. The maximum absolute atomic E-state index is 13.7. The molecule has 3 N–H and O–H groups in total. The monoisotopic (exact) mass is 252 g/mol. The van der Waals surface area contributed by atoms with Gasteiger partial charge in [0.15, 0.2) is 11.6 Å². The minimum absolute atomic E-state index is 0.0538. The minimum Gasteiger partial charge on any atom is -0.493 e. The zero-order chi connectivity index (χ0) is 13.3. The number of nitrogen functional groups attached to an aromatic ring is 1. The van der Waals surface area contributed by atoms with Crippen molar-refractivity contribution >= 4 is 11.9 Å². The fraction of sp³-hybridized carbons (Fsp3) is 0.0909. The van der Waals surface area contributed by atoms with E-state index in [9.17, 15) is 9.18 Å². The first kappa shape index (κ1) is 11.9. The van der Waals surface area contributed by atoms with E-state index in [1.54, 1.807) is 0 Å². The Bertz CT molecular complexity index is 609. The number of aromatic carboxylic acids is 1. The Morgan fingerprint density at radius 3 is 2.72 bits per heavy atom. The maximum atomic E-state index is 13.7. The predicted molar refractivity (Wildman–Crippen MR) is 59.8 cm³/mol. The average Bonchev–Trinajstić information content (AvgIpc) is 2.74. The van der Waals surface area contributed by atoms with Gasteiger partial charge in [-0.15, -0.1) is 0 Å². The zero-order valence-corrected chi connectivity index (χ0v) is 9.31. The van der Waals surface area contributed by atoms with Crippen molar-refractivity contribution in [2.75, 3.05) is 12.8 Å². The van der Waals surface area contributed by atoms with Crippen LogP contribution in [-0.2, 0) is 0 Å². The van der Waals surface area contributed by atoms with Crippen LogP contribution >= 0.6 is 0 Å². The molecule has 18 heavy (non-hydrogen) atoms. The van der Waals surface area contributed by atoms with Crippen molar-refractivity contribution in [1.82, 2.24) is 5.16 Å². The van der Waals surface area contributed by atoms with Crippen LogP contribution in [-0.4, -0.2) is 23.3 Å². The third-order valence-corrected chi connectivity index (χ3v) is 2.30. The van der Waals surface area contributed by atoms with E-state index in [1.165, 1.54) is 19.2 Å². The van der Waals surface area contributed by atoms with Crippen LogP contribution in [0, 0.1) is 5.82 Å². The van der Waals surface area contributed by atoms with Gasteiger partial charge in [0.05, 0.1) is 7.11 Å². The van der Waals surface area contributed by atoms with Gasteiger partial charge in [-0.3, -0.25) is 0 Å². The molecule has 0 saturated heterocycles. The summed E-state index contributed by atoms with van der Waals surface area (Å²) in [7, 11) is 1.19. The molecule has 2 aromatic rings. The molecule has 0 amide bonds. The van der Waals surface area contributed by atoms with E-state index in [-0.39, 0.29) is 28.5 Å². The van der Waals surface area contributed by atoms with Crippen molar-refractivity contribution in [2.24, 2.45) is 0 Å². The van der Waals surface area contributed by atoms with E-state index in [1.807, 2.05) is 0 Å². The summed E-state index contributed by atoms with van der Waals surface area (Å²) < 4.78 is 23.0. The second kappa shape index (κ2) is 4.36. The summed E-state index contributed by atoms with van der Waals surface area (Å²) >= 11 is 0. The molecule has 0 aliphatic carbocycles. The number of methoxy groups -OCH3 is 1. The van der Waals surface area contributed by atoms with E-state index in [2.05, 4.69) is 9.68 Å². The highest BCUT2D eigenvalue weighted by molar-refractivity contribution is 5.92. The molecule has 0 aliphatic rings. The van der Waals surface area contributed by atoms with Gasteiger partial charge < -0.3 is 20.1 Å². The van der Waals surface area contributed by atoms with Crippen molar-refractivity contribution in [3.63, 3.8) is 0 Å². The second-order valence-electron chi connectivity index (χ2n) is 3.46. The minimum atomic E-state index is -1.30. The fourth-order valence-corrected chi connectivity index (χ4v) is 1.53. The number of carboxylic acid groups (broad SMARTS) is 1. The largest absolute Gasteiger partial charge is 0.493 e. The molecule has 0 bridgehead atoms. The first-order valence-electron chi connectivity index (χ1n) is 4.86. The zero-order valence-electron chi connectivity index (χ0n) is 9.31. The van der Waals surface area contributed by atoms with E-state index in [0.717, 1.165) is 6.07 Å². The van der Waals surface area contributed by atoms with Gasteiger partial charge in [-0.1, -0.05) is 5.16 Å². The summed E-state index contributed by atoms with van der Waals surface area (Å²) in [4.78, 5) is 11.0. The highest BCUT2D eigenvalue weighted by Gasteiger charge is 2.19. The van der Waals surface area contributed by atoms with Crippen LogP contribution in [0.5, 0.6) is 5.75 Å². The Morgan fingerprint density at radius 2 is 2.22 bits per heavy atom. The van der Waals surface area contributed by atoms with Crippen LogP contribution in [0.3, 0.4) is 0 Å². The number of nitrogens with zero attached hydrogens (tertiary/aromatic N) is 1. The number of benzene rings is 1. The molecule has 0 unspecified atom stereocenters. The summed E-state index contributed by atoms with van der Waals surface area (Å²) in [6, 6.07) is 3.71. The summed E-state index contributed by atoms with van der Waals surface area (Å²) in [6.07, 6.45) is 0. The second-order valence-corrected chi connectivity index (χ2v) is 3.46. The molecule has 0 atom stereocenters. The Morgan fingerprint density at radius 1 is 1.50 bits per heavy atom. The first-order valence-corrected chi connectivity index (χ1v) is 4.86. The third kappa shape index (κ3) is 1.97.